The van der Waals surface area contributed by atoms with Gasteiger partial charge in [-0.25, -0.2) is 0 Å². The Morgan fingerprint density at radius 1 is 1.08 bits per heavy atom. The first kappa shape index (κ1) is 17.9. The predicted molar refractivity (Wildman–Crippen MR) is 108 cm³/mol. The van der Waals surface area contributed by atoms with Gasteiger partial charge in [0.05, 0.1) is 0 Å². The monoisotopic (exact) mass is 351 g/mol. The van der Waals surface area contributed by atoms with Crippen LogP contribution in [0.1, 0.15) is 12.5 Å². The molecule has 0 bridgehead atoms. The highest BCUT2D eigenvalue weighted by Crippen LogP contribution is 2.21. The maximum Gasteiger partial charge on any atom is 0.0346 e. The van der Waals surface area contributed by atoms with E-state index in [1.54, 1.807) is 11.9 Å². The largest absolute Gasteiger partial charge is 0.304 e. The maximum atomic E-state index is 4.16. The van der Waals surface area contributed by atoms with Crippen molar-refractivity contribution in [2.45, 2.75) is 24.3 Å². The van der Waals surface area contributed by atoms with Crippen molar-refractivity contribution in [1.29, 1.82) is 0 Å². The molecule has 0 unspecified atom stereocenters. The molecule has 3 nitrogen and oxygen atoms in total. The van der Waals surface area contributed by atoms with E-state index >= 15 is 0 Å². The molecular weight excluding hydrogens is 326 g/mol. The molecule has 0 amide bonds. The van der Waals surface area contributed by atoms with E-state index in [4.69, 9.17) is 0 Å². The molecule has 0 radical (unpaired) electrons. The topological polar surface area (TPSA) is 28.2 Å². The first-order chi connectivity index (χ1) is 12.2. The van der Waals surface area contributed by atoms with Crippen LogP contribution in [0.4, 0.5) is 0 Å². The van der Waals surface area contributed by atoms with Gasteiger partial charge in [-0.2, -0.15) is 0 Å². The van der Waals surface area contributed by atoms with Crippen molar-refractivity contribution in [2.24, 2.45) is 0 Å². The SMILES string of the molecule is C[C@H](CN(C)CCc1ccccc1)NSc1ccc2cnccc2c1. The number of pyridine rings is 1. The van der Waals surface area contributed by atoms with E-state index in [0.717, 1.165) is 19.5 Å². The van der Waals surface area contributed by atoms with Crippen LogP contribution < -0.4 is 4.72 Å². The molecule has 0 aliphatic carbocycles. The molecule has 0 aliphatic rings. The Bertz CT molecular complexity index is 791. The number of rotatable bonds is 8. The number of benzene rings is 2. The number of likely N-dealkylation sites (N-methyl/N-ethyl adjacent to an activating group) is 1. The summed E-state index contributed by atoms with van der Waals surface area (Å²) in [6.07, 6.45) is 4.84. The van der Waals surface area contributed by atoms with E-state index < -0.39 is 0 Å². The van der Waals surface area contributed by atoms with Gasteiger partial charge in [-0.1, -0.05) is 36.4 Å². The lowest BCUT2D eigenvalue weighted by Crippen LogP contribution is -2.35. The third-order valence-electron chi connectivity index (χ3n) is 4.20. The molecule has 25 heavy (non-hydrogen) atoms. The van der Waals surface area contributed by atoms with Crippen LogP contribution in [0.3, 0.4) is 0 Å². The zero-order valence-corrected chi connectivity index (χ0v) is 15.7. The van der Waals surface area contributed by atoms with Crippen LogP contribution in [-0.4, -0.2) is 36.1 Å². The van der Waals surface area contributed by atoms with Gasteiger partial charge in [0.2, 0.25) is 0 Å². The van der Waals surface area contributed by atoms with Crippen LogP contribution in [0.25, 0.3) is 10.8 Å². The van der Waals surface area contributed by atoms with Crippen molar-refractivity contribution in [2.75, 3.05) is 20.1 Å². The maximum absolute atomic E-state index is 4.16. The Hall–Kier alpha value is -1.88. The fraction of sp³-hybridized carbons (Fsp3) is 0.286. The molecule has 4 heteroatoms. The average Bonchev–Trinajstić information content (AvgIpc) is 2.65. The standard InChI is InChI=1S/C21H25N3S/c1-17(16-24(2)13-11-18-6-4-3-5-7-18)23-25-21-9-8-20-15-22-12-10-19(20)14-21/h3-10,12,14-15,17,23H,11,13,16H2,1-2H3/t17-/m1/s1. The second-order valence-corrected chi connectivity index (χ2v) is 7.41. The third-order valence-corrected chi connectivity index (χ3v) is 5.21. The van der Waals surface area contributed by atoms with Crippen LogP contribution >= 0.6 is 11.9 Å². The molecule has 0 saturated carbocycles. The summed E-state index contributed by atoms with van der Waals surface area (Å²) < 4.78 is 3.55. The van der Waals surface area contributed by atoms with E-state index in [0.29, 0.717) is 6.04 Å². The Morgan fingerprint density at radius 2 is 1.92 bits per heavy atom. The molecule has 0 spiro atoms. The van der Waals surface area contributed by atoms with E-state index in [9.17, 15) is 0 Å². The van der Waals surface area contributed by atoms with Crippen molar-refractivity contribution in [1.82, 2.24) is 14.6 Å². The van der Waals surface area contributed by atoms with Gasteiger partial charge in [0.15, 0.2) is 0 Å². The fourth-order valence-corrected chi connectivity index (χ4v) is 3.59. The van der Waals surface area contributed by atoms with Crippen molar-refractivity contribution < 1.29 is 0 Å². The lowest BCUT2D eigenvalue weighted by atomic mass is 10.1. The van der Waals surface area contributed by atoms with Crippen LogP contribution in [0.5, 0.6) is 0 Å². The van der Waals surface area contributed by atoms with Gasteiger partial charge < -0.3 is 4.90 Å². The molecule has 1 heterocycles. The minimum Gasteiger partial charge on any atom is -0.304 e. The second-order valence-electron chi connectivity index (χ2n) is 6.50. The van der Waals surface area contributed by atoms with Crippen LogP contribution in [0, 0.1) is 0 Å². The Kier molecular flexibility index (Phi) is 6.45. The smallest absolute Gasteiger partial charge is 0.0346 e. The highest BCUT2D eigenvalue weighted by atomic mass is 32.2. The summed E-state index contributed by atoms with van der Waals surface area (Å²) in [5.41, 5.74) is 1.40. The highest BCUT2D eigenvalue weighted by molar-refractivity contribution is 7.97. The van der Waals surface area contributed by atoms with Crippen LogP contribution in [0.15, 0.2) is 71.9 Å². The average molecular weight is 352 g/mol. The molecule has 0 aliphatic heterocycles. The molecule has 1 atom stereocenters. The van der Waals surface area contributed by atoms with Crippen LogP contribution in [0.2, 0.25) is 0 Å². The number of fused-ring (bicyclic) bond motifs is 1. The lowest BCUT2D eigenvalue weighted by Gasteiger charge is -2.22. The van der Waals surface area contributed by atoms with E-state index in [-0.39, 0.29) is 0 Å². The minimum absolute atomic E-state index is 0.416. The fourth-order valence-electron chi connectivity index (χ4n) is 2.85. The molecule has 0 saturated heterocycles. The Morgan fingerprint density at radius 3 is 2.76 bits per heavy atom. The zero-order chi connectivity index (χ0) is 17.5. The molecule has 1 N–H and O–H groups in total. The van der Waals surface area contributed by atoms with E-state index in [1.165, 1.54) is 21.2 Å². The van der Waals surface area contributed by atoms with Gasteiger partial charge in [-0.3, -0.25) is 9.71 Å². The first-order valence-corrected chi connectivity index (χ1v) is 9.51. The quantitative estimate of drug-likeness (QED) is 0.609. The zero-order valence-electron chi connectivity index (χ0n) is 14.9. The summed E-state index contributed by atoms with van der Waals surface area (Å²) >= 11 is 1.70. The summed E-state index contributed by atoms with van der Waals surface area (Å²) in [5, 5.41) is 2.41. The van der Waals surface area contributed by atoms with Gasteiger partial charge in [0.1, 0.15) is 0 Å². The molecule has 3 rings (SSSR count). The van der Waals surface area contributed by atoms with Crippen molar-refractivity contribution >= 4 is 22.7 Å². The number of hydrogen-bond donors (Lipinski definition) is 1. The Balaban J connectivity index is 1.44. The number of hydrogen-bond acceptors (Lipinski definition) is 4. The summed E-state index contributed by atoms with van der Waals surface area (Å²) in [6.45, 7) is 4.33. The summed E-state index contributed by atoms with van der Waals surface area (Å²) in [7, 11) is 2.19. The van der Waals surface area contributed by atoms with Gasteiger partial charge in [0.25, 0.3) is 0 Å². The number of nitrogens with zero attached hydrogens (tertiary/aromatic N) is 2. The lowest BCUT2D eigenvalue weighted by molar-refractivity contribution is 0.315. The predicted octanol–water partition coefficient (Wildman–Crippen LogP) is 4.39. The second kappa shape index (κ2) is 8.99. The van der Waals surface area contributed by atoms with Crippen LogP contribution in [-0.2, 0) is 6.42 Å². The summed E-state index contributed by atoms with van der Waals surface area (Å²) in [5.74, 6) is 0. The third kappa shape index (κ3) is 5.56. The number of nitrogens with one attached hydrogen (secondary N) is 1. The number of aromatic nitrogens is 1. The van der Waals surface area contributed by atoms with Gasteiger partial charge in [-0.15, -0.1) is 0 Å². The molecule has 1 aromatic heterocycles. The molecule has 3 aromatic rings. The van der Waals surface area contributed by atoms with Crippen molar-refractivity contribution in [3.05, 3.63) is 72.6 Å². The normalized spacial score (nSPS) is 12.6. The van der Waals surface area contributed by atoms with Gasteiger partial charge in [0, 0.05) is 41.8 Å². The highest BCUT2D eigenvalue weighted by Gasteiger charge is 2.07. The summed E-state index contributed by atoms with van der Waals surface area (Å²) in [6, 6.07) is 19.6. The molecular formula is C21H25N3S. The van der Waals surface area contributed by atoms with Crippen molar-refractivity contribution in [3.63, 3.8) is 0 Å². The van der Waals surface area contributed by atoms with Crippen molar-refractivity contribution in [3.8, 4) is 0 Å². The molecule has 130 valence electrons. The summed E-state index contributed by atoms with van der Waals surface area (Å²) in [4.78, 5) is 7.78. The Labute approximate surface area is 154 Å². The van der Waals surface area contributed by atoms with Gasteiger partial charge >= 0.3 is 0 Å². The molecule has 2 aromatic carbocycles. The minimum atomic E-state index is 0.416. The van der Waals surface area contributed by atoms with Gasteiger partial charge in [-0.05, 0) is 61.5 Å². The van der Waals surface area contributed by atoms with E-state index in [2.05, 4.69) is 83.2 Å². The van der Waals surface area contributed by atoms with E-state index in [1.807, 2.05) is 12.4 Å². The molecule has 0 fully saturated rings. The first-order valence-electron chi connectivity index (χ1n) is 8.69.